The molecule has 0 aliphatic rings. The average molecular weight is 500 g/mol. The number of hydrogen-bond donors (Lipinski definition) is 1. The number of carbonyl (C=O) groups excluding carboxylic acids is 1. The van der Waals surface area contributed by atoms with Gasteiger partial charge in [-0.05, 0) is 55.2 Å². The van der Waals surface area contributed by atoms with Crippen molar-refractivity contribution in [3.63, 3.8) is 0 Å². The number of ether oxygens (including phenoxy) is 1. The van der Waals surface area contributed by atoms with Crippen LogP contribution in [0.5, 0.6) is 0 Å². The maximum absolute atomic E-state index is 12.7. The number of hydrogen-bond acceptors (Lipinski definition) is 5. The topological polar surface area (TPSA) is 101 Å². The summed E-state index contributed by atoms with van der Waals surface area (Å²) in [5, 5.41) is 10.3. The van der Waals surface area contributed by atoms with E-state index in [0.717, 1.165) is 16.8 Å². The highest BCUT2D eigenvalue weighted by Crippen LogP contribution is 2.33. The van der Waals surface area contributed by atoms with E-state index in [-0.39, 0.29) is 18.0 Å². The summed E-state index contributed by atoms with van der Waals surface area (Å²) in [5.74, 6) is -0.475. The van der Waals surface area contributed by atoms with E-state index in [4.69, 9.17) is 16.3 Å². The van der Waals surface area contributed by atoms with Crippen LogP contribution in [0.1, 0.15) is 41.2 Å². The van der Waals surface area contributed by atoms with E-state index < -0.39 is 16.0 Å². The van der Waals surface area contributed by atoms with Crippen molar-refractivity contribution >= 4 is 27.6 Å². The molecule has 1 N–H and O–H groups in total. The Morgan fingerprint density at radius 3 is 2.32 bits per heavy atom. The third-order valence-electron chi connectivity index (χ3n) is 5.50. The summed E-state index contributed by atoms with van der Waals surface area (Å²) in [5.41, 5.74) is 3.75. The number of nitriles is 1. The number of carbonyl (C=O) groups is 1. The highest BCUT2D eigenvalue weighted by Gasteiger charge is 2.26. The summed E-state index contributed by atoms with van der Waals surface area (Å²) in [6.07, 6.45) is 1.07. The van der Waals surface area contributed by atoms with Gasteiger partial charge in [-0.3, -0.25) is 0 Å². The summed E-state index contributed by atoms with van der Waals surface area (Å²) < 4.78 is 34.4. The van der Waals surface area contributed by atoms with Gasteiger partial charge in [0.05, 0.1) is 17.1 Å². The third kappa shape index (κ3) is 5.33. The predicted octanol–water partition coefficient (Wildman–Crippen LogP) is 4.48. The van der Waals surface area contributed by atoms with Crippen LogP contribution in [0.4, 0.5) is 0 Å². The van der Waals surface area contributed by atoms with E-state index >= 15 is 0 Å². The molecular formula is C25H26ClN3O4S. The van der Waals surface area contributed by atoms with E-state index in [0.29, 0.717) is 34.7 Å². The Bertz CT molecular complexity index is 1320. The SMILES string of the molecule is CCOC(=O)c1c(-c2ccc(CCNS(=O)(=O)c3ccc(Cl)cc3)cc2)c(C#N)c(CC)n1C. The highest BCUT2D eigenvalue weighted by atomic mass is 35.5. The first-order valence-corrected chi connectivity index (χ1v) is 12.7. The van der Waals surface area contributed by atoms with E-state index in [1.807, 2.05) is 31.2 Å². The van der Waals surface area contributed by atoms with Crippen molar-refractivity contribution < 1.29 is 17.9 Å². The van der Waals surface area contributed by atoms with Crippen LogP contribution in [-0.2, 0) is 34.6 Å². The maximum atomic E-state index is 12.7. The smallest absolute Gasteiger partial charge is 0.355 e. The molecule has 0 fully saturated rings. The molecule has 0 atom stereocenters. The molecule has 0 saturated heterocycles. The number of aromatic nitrogens is 1. The minimum absolute atomic E-state index is 0.151. The van der Waals surface area contributed by atoms with Gasteiger partial charge >= 0.3 is 5.97 Å². The molecule has 3 aromatic rings. The van der Waals surface area contributed by atoms with Crippen molar-refractivity contribution in [2.75, 3.05) is 13.2 Å². The van der Waals surface area contributed by atoms with Gasteiger partial charge in [0.15, 0.2) is 0 Å². The van der Waals surface area contributed by atoms with E-state index in [2.05, 4.69) is 10.8 Å². The van der Waals surface area contributed by atoms with Crippen LogP contribution in [0, 0.1) is 11.3 Å². The molecule has 0 amide bonds. The van der Waals surface area contributed by atoms with Gasteiger partial charge in [-0.15, -0.1) is 0 Å². The van der Waals surface area contributed by atoms with Gasteiger partial charge in [0.2, 0.25) is 10.0 Å². The highest BCUT2D eigenvalue weighted by molar-refractivity contribution is 7.89. The fourth-order valence-corrected chi connectivity index (χ4v) is 5.01. The molecule has 3 rings (SSSR count). The second-order valence-corrected chi connectivity index (χ2v) is 9.79. The Labute approximate surface area is 205 Å². The molecule has 1 aromatic heterocycles. The molecule has 0 aliphatic heterocycles. The number of halogens is 1. The van der Waals surface area contributed by atoms with Gasteiger partial charge < -0.3 is 9.30 Å². The van der Waals surface area contributed by atoms with Crippen molar-refractivity contribution in [2.45, 2.75) is 31.6 Å². The monoisotopic (exact) mass is 499 g/mol. The summed E-state index contributed by atoms with van der Waals surface area (Å²) >= 11 is 5.82. The first-order valence-electron chi connectivity index (χ1n) is 10.9. The predicted molar refractivity (Wildman–Crippen MR) is 131 cm³/mol. The fourth-order valence-electron chi connectivity index (χ4n) is 3.85. The van der Waals surface area contributed by atoms with Gasteiger partial charge in [-0.25, -0.2) is 17.9 Å². The average Bonchev–Trinajstić information content (AvgIpc) is 3.11. The van der Waals surface area contributed by atoms with Crippen LogP contribution in [-0.4, -0.2) is 32.1 Å². The second kappa shape index (κ2) is 10.9. The molecule has 0 bridgehead atoms. The van der Waals surface area contributed by atoms with Crippen molar-refractivity contribution in [3.8, 4) is 17.2 Å². The molecule has 2 aromatic carbocycles. The van der Waals surface area contributed by atoms with Crippen LogP contribution in [0.15, 0.2) is 53.4 Å². The lowest BCUT2D eigenvalue weighted by Gasteiger charge is -2.09. The lowest BCUT2D eigenvalue weighted by atomic mass is 9.98. The van der Waals surface area contributed by atoms with E-state index in [1.165, 1.54) is 24.3 Å². The number of sulfonamides is 1. The van der Waals surface area contributed by atoms with E-state index in [9.17, 15) is 18.5 Å². The quantitative estimate of drug-likeness (QED) is 0.437. The molecule has 0 unspecified atom stereocenters. The van der Waals surface area contributed by atoms with Gasteiger partial charge in [-0.1, -0.05) is 42.8 Å². The summed E-state index contributed by atoms with van der Waals surface area (Å²) in [7, 11) is -1.87. The Morgan fingerprint density at radius 1 is 1.12 bits per heavy atom. The van der Waals surface area contributed by atoms with Crippen LogP contribution < -0.4 is 4.72 Å². The molecule has 9 heteroatoms. The van der Waals surface area contributed by atoms with Gasteiger partial charge in [-0.2, -0.15) is 5.26 Å². The van der Waals surface area contributed by atoms with Crippen molar-refractivity contribution in [1.29, 1.82) is 5.26 Å². The molecule has 178 valence electrons. The summed E-state index contributed by atoms with van der Waals surface area (Å²) in [6, 6.07) is 15.6. The van der Waals surface area contributed by atoms with Crippen molar-refractivity contribution in [3.05, 3.63) is 76.1 Å². The number of nitrogens with one attached hydrogen (secondary N) is 1. The van der Waals surface area contributed by atoms with Crippen molar-refractivity contribution in [2.24, 2.45) is 7.05 Å². The van der Waals surface area contributed by atoms with Crippen LogP contribution in [0.25, 0.3) is 11.1 Å². The Kier molecular flexibility index (Phi) is 8.15. The summed E-state index contributed by atoms with van der Waals surface area (Å²) in [4.78, 5) is 12.8. The van der Waals surface area contributed by atoms with Crippen LogP contribution in [0.3, 0.4) is 0 Å². The maximum Gasteiger partial charge on any atom is 0.355 e. The lowest BCUT2D eigenvalue weighted by Crippen LogP contribution is -2.25. The normalized spacial score (nSPS) is 11.3. The lowest BCUT2D eigenvalue weighted by molar-refractivity contribution is 0.0516. The largest absolute Gasteiger partial charge is 0.461 e. The molecule has 0 saturated carbocycles. The molecule has 1 heterocycles. The first kappa shape index (κ1) is 25.5. The Hall–Kier alpha value is -3.12. The fraction of sp³-hybridized carbons (Fsp3) is 0.280. The van der Waals surface area contributed by atoms with Crippen molar-refractivity contribution in [1.82, 2.24) is 9.29 Å². The van der Waals surface area contributed by atoms with Crippen LogP contribution >= 0.6 is 11.6 Å². The van der Waals surface area contributed by atoms with E-state index in [1.54, 1.807) is 18.5 Å². The molecule has 0 spiro atoms. The standard InChI is InChI=1S/C25H26ClN3O4S/c1-4-22-21(16-27)23(24(29(22)3)25(30)33-5-2)18-8-6-17(7-9-18)14-15-28-34(31,32)20-12-10-19(26)11-13-20/h6-13,28H,4-5,14-15H2,1-3H3. The van der Waals surface area contributed by atoms with Crippen LogP contribution in [0.2, 0.25) is 5.02 Å². The minimum Gasteiger partial charge on any atom is -0.461 e. The number of rotatable bonds is 9. The zero-order valence-electron chi connectivity index (χ0n) is 19.3. The zero-order valence-corrected chi connectivity index (χ0v) is 20.8. The van der Waals surface area contributed by atoms with Gasteiger partial charge in [0.25, 0.3) is 0 Å². The Morgan fingerprint density at radius 2 is 1.76 bits per heavy atom. The van der Waals surface area contributed by atoms with Gasteiger partial charge in [0, 0.05) is 29.9 Å². The molecule has 34 heavy (non-hydrogen) atoms. The zero-order chi connectivity index (χ0) is 24.9. The second-order valence-electron chi connectivity index (χ2n) is 7.59. The molecule has 0 aliphatic carbocycles. The number of esters is 1. The van der Waals surface area contributed by atoms with Gasteiger partial charge in [0.1, 0.15) is 11.8 Å². The number of benzene rings is 2. The first-order chi connectivity index (χ1) is 16.2. The molecular weight excluding hydrogens is 474 g/mol. The minimum atomic E-state index is -3.63. The molecule has 7 nitrogen and oxygen atoms in total. The number of nitrogens with zero attached hydrogens (tertiary/aromatic N) is 2. The summed E-state index contributed by atoms with van der Waals surface area (Å²) in [6.45, 7) is 4.12. The Balaban J connectivity index is 1.81. The molecule has 0 radical (unpaired) electrons. The third-order valence-corrected chi connectivity index (χ3v) is 7.23.